The van der Waals surface area contributed by atoms with E-state index in [1.165, 1.54) is 128 Å². The summed E-state index contributed by atoms with van der Waals surface area (Å²) in [4.78, 5) is 14.4. The average Bonchev–Trinajstić information content (AvgIpc) is 3.58. The van der Waals surface area contributed by atoms with Gasteiger partial charge in [0.05, 0.1) is 6.61 Å². The number of unbranched alkanes of at least 4 members (excludes halogenated alkanes) is 14. The lowest BCUT2D eigenvalue weighted by molar-refractivity contribution is -0.144. The molecule has 1 rings (SSSR count). The van der Waals surface area contributed by atoms with Gasteiger partial charge in [-0.3, -0.25) is 4.79 Å². The third-order valence-electron chi connectivity index (χ3n) is 8.00. The zero-order chi connectivity index (χ0) is 24.9. The molecule has 1 saturated carbocycles. The molecule has 0 aromatic carbocycles. The van der Waals surface area contributed by atoms with Crippen molar-refractivity contribution in [1.29, 1.82) is 0 Å². The monoisotopic (exact) mass is 479 g/mol. The van der Waals surface area contributed by atoms with Crippen LogP contribution in [0.2, 0.25) is 0 Å². The number of carbonyl (C=O) groups excluding carboxylic acids is 1. The molecular weight excluding hydrogens is 418 g/mol. The van der Waals surface area contributed by atoms with E-state index in [2.05, 4.69) is 32.8 Å². The standard InChI is InChI=1S/C31H61NO2/c1-5-7-9-10-13-16-19-23-30(32(3)4)24-20-17-14-11-12-15-18-21-25-31(33)34-27-29-26-28(29)22-8-6-2/h28-30H,5-27H2,1-4H3. The second-order valence-electron chi connectivity index (χ2n) is 11.5. The summed E-state index contributed by atoms with van der Waals surface area (Å²) in [6, 6.07) is 0.775. The van der Waals surface area contributed by atoms with E-state index in [0.717, 1.165) is 18.4 Å². The van der Waals surface area contributed by atoms with Crippen LogP contribution in [0.15, 0.2) is 0 Å². The van der Waals surface area contributed by atoms with E-state index < -0.39 is 0 Å². The topological polar surface area (TPSA) is 29.5 Å². The maximum Gasteiger partial charge on any atom is 0.305 e. The zero-order valence-electron chi connectivity index (χ0n) is 23.8. The van der Waals surface area contributed by atoms with E-state index >= 15 is 0 Å². The first-order valence-corrected chi connectivity index (χ1v) is 15.4. The highest BCUT2D eigenvalue weighted by Crippen LogP contribution is 2.42. The predicted octanol–water partition coefficient (Wildman–Crippen LogP) is 9.33. The molecular formula is C31H61NO2. The third kappa shape index (κ3) is 17.8. The Kier molecular flexibility index (Phi) is 20.1. The van der Waals surface area contributed by atoms with Crippen LogP contribution in [0.3, 0.4) is 0 Å². The lowest BCUT2D eigenvalue weighted by atomic mass is 9.99. The van der Waals surface area contributed by atoms with Crippen LogP contribution in [0.1, 0.15) is 155 Å². The number of ether oxygens (including phenoxy) is 1. The fourth-order valence-corrected chi connectivity index (χ4v) is 5.31. The summed E-state index contributed by atoms with van der Waals surface area (Å²) >= 11 is 0. The van der Waals surface area contributed by atoms with Crippen LogP contribution >= 0.6 is 0 Å². The summed E-state index contributed by atoms with van der Waals surface area (Å²) < 4.78 is 5.49. The number of rotatable bonds is 25. The maximum atomic E-state index is 11.9. The third-order valence-corrected chi connectivity index (χ3v) is 8.00. The van der Waals surface area contributed by atoms with Crippen molar-refractivity contribution in [2.75, 3.05) is 20.7 Å². The molecule has 0 radical (unpaired) electrons. The van der Waals surface area contributed by atoms with Gasteiger partial charge < -0.3 is 9.64 Å². The van der Waals surface area contributed by atoms with Gasteiger partial charge in [-0.15, -0.1) is 0 Å². The molecule has 3 heteroatoms. The fourth-order valence-electron chi connectivity index (χ4n) is 5.31. The minimum Gasteiger partial charge on any atom is -0.465 e. The van der Waals surface area contributed by atoms with E-state index in [0.29, 0.717) is 18.9 Å². The first kappa shape index (κ1) is 31.5. The molecule has 0 aromatic rings. The highest BCUT2D eigenvalue weighted by Gasteiger charge is 2.36. The summed E-state index contributed by atoms with van der Waals surface area (Å²) in [6.45, 7) is 5.22. The van der Waals surface area contributed by atoms with Gasteiger partial charge in [-0.1, -0.05) is 123 Å². The molecule has 1 fully saturated rings. The quantitative estimate of drug-likeness (QED) is 0.0964. The Bertz CT molecular complexity index is 464. The summed E-state index contributed by atoms with van der Waals surface area (Å²) in [5.41, 5.74) is 0. The lowest BCUT2D eigenvalue weighted by Gasteiger charge is -2.24. The van der Waals surface area contributed by atoms with Crippen LogP contribution < -0.4 is 0 Å². The fraction of sp³-hybridized carbons (Fsp3) is 0.968. The molecule has 0 heterocycles. The van der Waals surface area contributed by atoms with E-state index in [-0.39, 0.29) is 5.97 Å². The van der Waals surface area contributed by atoms with Gasteiger partial charge in [-0.2, -0.15) is 0 Å². The van der Waals surface area contributed by atoms with E-state index in [4.69, 9.17) is 4.74 Å². The molecule has 0 spiro atoms. The first-order chi connectivity index (χ1) is 16.6. The van der Waals surface area contributed by atoms with Crippen LogP contribution in [0.25, 0.3) is 0 Å². The van der Waals surface area contributed by atoms with Gasteiger partial charge in [0.15, 0.2) is 0 Å². The Hall–Kier alpha value is -0.570. The normalized spacial score (nSPS) is 18.4. The SMILES string of the molecule is CCCCCCCCCC(CCCCCCCCCCC(=O)OCC1CC1CCCC)N(C)C. The van der Waals surface area contributed by atoms with Crippen molar-refractivity contribution in [3.05, 3.63) is 0 Å². The predicted molar refractivity (Wildman–Crippen MR) is 148 cm³/mol. The number of esters is 1. The summed E-state index contributed by atoms with van der Waals surface area (Å²) in [6.07, 6.45) is 28.7. The Morgan fingerprint density at radius 1 is 0.706 bits per heavy atom. The second kappa shape index (κ2) is 21.7. The van der Waals surface area contributed by atoms with E-state index in [1.54, 1.807) is 0 Å². The molecule has 1 aliphatic rings. The largest absolute Gasteiger partial charge is 0.465 e. The summed E-state index contributed by atoms with van der Waals surface area (Å²) in [7, 11) is 4.52. The van der Waals surface area contributed by atoms with Crippen LogP contribution in [0.4, 0.5) is 0 Å². The number of hydrogen-bond donors (Lipinski definition) is 0. The molecule has 1 aliphatic carbocycles. The van der Waals surface area contributed by atoms with Gasteiger partial charge in [-0.25, -0.2) is 0 Å². The van der Waals surface area contributed by atoms with Gasteiger partial charge in [-0.05, 0) is 51.6 Å². The molecule has 3 atom stereocenters. The van der Waals surface area contributed by atoms with Gasteiger partial charge in [0.2, 0.25) is 0 Å². The average molecular weight is 480 g/mol. The van der Waals surface area contributed by atoms with Gasteiger partial charge >= 0.3 is 5.97 Å². The Morgan fingerprint density at radius 3 is 1.74 bits per heavy atom. The number of hydrogen-bond acceptors (Lipinski definition) is 3. The van der Waals surface area contributed by atoms with Crippen molar-refractivity contribution in [3.8, 4) is 0 Å². The smallest absolute Gasteiger partial charge is 0.305 e. The van der Waals surface area contributed by atoms with Crippen LogP contribution in [-0.2, 0) is 9.53 Å². The Morgan fingerprint density at radius 2 is 1.21 bits per heavy atom. The highest BCUT2D eigenvalue weighted by atomic mass is 16.5. The molecule has 3 nitrogen and oxygen atoms in total. The summed E-state index contributed by atoms with van der Waals surface area (Å²) in [5.74, 6) is 1.54. The number of carbonyl (C=O) groups is 1. The van der Waals surface area contributed by atoms with E-state index in [1.807, 2.05) is 0 Å². The molecule has 202 valence electrons. The highest BCUT2D eigenvalue weighted by molar-refractivity contribution is 5.69. The Labute approximate surface area is 214 Å². The van der Waals surface area contributed by atoms with Crippen LogP contribution in [0, 0.1) is 11.8 Å². The van der Waals surface area contributed by atoms with Crippen molar-refractivity contribution in [1.82, 2.24) is 4.90 Å². The molecule has 0 aliphatic heterocycles. The van der Waals surface area contributed by atoms with Crippen molar-refractivity contribution in [2.45, 2.75) is 161 Å². The first-order valence-electron chi connectivity index (χ1n) is 15.4. The van der Waals surface area contributed by atoms with Crippen molar-refractivity contribution in [2.24, 2.45) is 11.8 Å². The van der Waals surface area contributed by atoms with Crippen molar-refractivity contribution < 1.29 is 9.53 Å². The molecule has 0 saturated heterocycles. The van der Waals surface area contributed by atoms with Crippen LogP contribution in [0.5, 0.6) is 0 Å². The van der Waals surface area contributed by atoms with E-state index in [9.17, 15) is 4.79 Å². The molecule has 0 bridgehead atoms. The maximum absolute atomic E-state index is 11.9. The molecule has 0 amide bonds. The second-order valence-corrected chi connectivity index (χ2v) is 11.5. The van der Waals surface area contributed by atoms with Gasteiger partial charge in [0.1, 0.15) is 0 Å². The number of nitrogens with zero attached hydrogens (tertiary/aromatic N) is 1. The van der Waals surface area contributed by atoms with Crippen molar-refractivity contribution in [3.63, 3.8) is 0 Å². The minimum absolute atomic E-state index is 0.0353. The molecule has 0 N–H and O–H groups in total. The van der Waals surface area contributed by atoms with Crippen LogP contribution in [-0.4, -0.2) is 37.6 Å². The minimum atomic E-state index is 0.0353. The zero-order valence-corrected chi connectivity index (χ0v) is 23.8. The molecule has 3 unspecified atom stereocenters. The lowest BCUT2D eigenvalue weighted by Crippen LogP contribution is -2.27. The van der Waals surface area contributed by atoms with Gasteiger partial charge in [0, 0.05) is 12.5 Å². The van der Waals surface area contributed by atoms with Gasteiger partial charge in [0.25, 0.3) is 0 Å². The molecule has 34 heavy (non-hydrogen) atoms. The van der Waals surface area contributed by atoms with Crippen molar-refractivity contribution >= 4 is 5.97 Å². The molecule has 0 aromatic heterocycles. The Balaban J connectivity index is 1.86. The summed E-state index contributed by atoms with van der Waals surface area (Å²) in [5, 5.41) is 0.